The number of ether oxygens (including phenoxy) is 5. The summed E-state index contributed by atoms with van der Waals surface area (Å²) in [5.41, 5.74) is 13.4. The number of nitrogens with zero attached hydrogens (tertiary/aromatic N) is 5. The fraction of sp³-hybridized carbons (Fsp3) is 0.383. The number of hydrogen-bond donors (Lipinski definition) is 4. The van der Waals surface area contributed by atoms with E-state index in [0.717, 1.165) is 40.3 Å². The number of rotatable bonds is 21. The van der Waals surface area contributed by atoms with Crippen LogP contribution < -0.4 is 26.5 Å². The summed E-state index contributed by atoms with van der Waals surface area (Å²) in [6.45, 7) is 4.31. The third kappa shape index (κ3) is 10.8. The lowest BCUT2D eigenvalue weighted by molar-refractivity contribution is -0.136. The Morgan fingerprint density at radius 2 is 1.56 bits per heavy atom. The molecule has 5 heterocycles. The summed E-state index contributed by atoms with van der Waals surface area (Å²) in [7, 11) is 0. The summed E-state index contributed by atoms with van der Waals surface area (Å²) in [5, 5.41) is 7.42. The molecule has 0 saturated carbocycles. The molecule has 8 rings (SSSR count). The van der Waals surface area contributed by atoms with Crippen LogP contribution in [0.3, 0.4) is 0 Å². The maximum absolute atomic E-state index is 13.2. The van der Waals surface area contributed by atoms with Crippen molar-refractivity contribution in [3.05, 3.63) is 107 Å². The molecule has 3 unspecified atom stereocenters. The topological polar surface area (TPSA) is 228 Å². The fourth-order valence-electron chi connectivity index (χ4n) is 8.35. The van der Waals surface area contributed by atoms with E-state index >= 15 is 0 Å². The maximum atomic E-state index is 13.2. The lowest BCUT2D eigenvalue weighted by Gasteiger charge is -2.39. The van der Waals surface area contributed by atoms with Crippen molar-refractivity contribution in [2.45, 2.75) is 43.9 Å². The number of nitrogens with one attached hydrogen (secondary N) is 3. The number of imide groups is 2. The van der Waals surface area contributed by atoms with Crippen molar-refractivity contribution in [2.24, 2.45) is 15.7 Å². The van der Waals surface area contributed by atoms with Gasteiger partial charge in [-0.25, -0.2) is 9.98 Å². The van der Waals surface area contributed by atoms with E-state index in [9.17, 15) is 24.0 Å². The van der Waals surface area contributed by atoms with Crippen LogP contribution in [0.15, 0.2) is 101 Å². The van der Waals surface area contributed by atoms with Crippen LogP contribution in [0.1, 0.15) is 52.0 Å². The highest BCUT2D eigenvalue weighted by atomic mass is 16.6. The molecule has 0 bridgehead atoms. The lowest BCUT2D eigenvalue weighted by atomic mass is 10.0. The number of benzene rings is 3. The zero-order valence-corrected chi connectivity index (χ0v) is 36.4. The van der Waals surface area contributed by atoms with E-state index in [1.807, 2.05) is 59.5 Å². The Balaban J connectivity index is 0.671. The molecular weight excluding hydrogens is 851 g/mol. The number of piperidine rings is 2. The lowest BCUT2D eigenvalue weighted by Crippen LogP contribution is -2.55. The highest BCUT2D eigenvalue weighted by Gasteiger charge is 2.46. The maximum Gasteiger partial charge on any atom is 0.264 e. The van der Waals surface area contributed by atoms with E-state index in [0.29, 0.717) is 83.2 Å². The van der Waals surface area contributed by atoms with Crippen LogP contribution in [0.25, 0.3) is 5.70 Å². The standard InChI is InChI=1S/C47H53N9O10/c48-43-41-42(31-13-15-34(16-14-31)66-33-8-2-1-3-9-33)53-56(44(41)51-30-50-43)32-7-5-20-54(29-32)39(58)12-6-21-62-23-25-64-27-28-65-26-24-63-22-19-49-36-11-4-10-35-40(36)47(61)55(46(35)60)37-17-18-38(57)52-45(37)59/h1-4,6,8-16,30,32,37,44,49,53H,5,7,17-29H2,(H2,48,50,51)(H,52,57,59)/b12-6+. The molecule has 5 aliphatic rings. The van der Waals surface area contributed by atoms with E-state index < -0.39 is 29.7 Å². The van der Waals surface area contributed by atoms with Crippen LogP contribution in [0.4, 0.5) is 5.69 Å². The Morgan fingerprint density at radius 1 is 0.833 bits per heavy atom. The first-order valence-corrected chi connectivity index (χ1v) is 22.1. The number of carbonyl (C=O) groups is 5. The van der Waals surface area contributed by atoms with E-state index in [2.05, 4.69) is 31.1 Å². The smallest absolute Gasteiger partial charge is 0.264 e. The van der Waals surface area contributed by atoms with Gasteiger partial charge < -0.3 is 45.1 Å². The molecule has 2 saturated heterocycles. The number of para-hydroxylation sites is 1. The molecule has 0 radical (unpaired) electrons. The van der Waals surface area contributed by atoms with E-state index in [1.165, 1.54) is 6.34 Å². The van der Waals surface area contributed by atoms with Gasteiger partial charge in [0, 0.05) is 43.9 Å². The second-order valence-electron chi connectivity index (χ2n) is 15.9. The molecule has 66 heavy (non-hydrogen) atoms. The molecule has 3 atom stereocenters. The Kier molecular flexibility index (Phi) is 15.2. The van der Waals surface area contributed by atoms with Crippen LogP contribution in [-0.4, -0.2) is 147 Å². The molecule has 5 amide bonds. The second-order valence-corrected chi connectivity index (χ2v) is 15.9. The average Bonchev–Trinajstić information content (AvgIpc) is 3.85. The molecule has 5 N–H and O–H groups in total. The van der Waals surface area contributed by atoms with Crippen LogP contribution >= 0.6 is 0 Å². The van der Waals surface area contributed by atoms with Gasteiger partial charge in [0.1, 0.15) is 29.7 Å². The Hall–Kier alpha value is -6.77. The summed E-state index contributed by atoms with van der Waals surface area (Å²) >= 11 is 0. The number of carbonyl (C=O) groups excluding carboxylic acids is 5. The molecular formula is C47H53N9O10. The third-order valence-corrected chi connectivity index (χ3v) is 11.6. The van der Waals surface area contributed by atoms with Gasteiger partial charge in [0.15, 0.2) is 6.17 Å². The molecule has 2 fully saturated rings. The second kappa shape index (κ2) is 21.9. The van der Waals surface area contributed by atoms with Gasteiger partial charge in [0.25, 0.3) is 11.8 Å². The SMILES string of the molecule is NC1=NC=NC2C1=C(c1ccc(Oc3ccccc3)cc1)NN2C1CCCN(C(=O)/C=C/COCCOCCOCCOCCNc2cccc3c2C(=O)N(C2CCC(=O)NC2=O)C3=O)C1. The fourth-order valence-corrected chi connectivity index (χ4v) is 8.35. The van der Waals surface area contributed by atoms with Gasteiger partial charge in [-0.15, -0.1) is 0 Å². The van der Waals surface area contributed by atoms with Crippen molar-refractivity contribution in [2.75, 3.05) is 77.8 Å². The predicted molar refractivity (Wildman–Crippen MR) is 242 cm³/mol. The largest absolute Gasteiger partial charge is 0.457 e. The number of fused-ring (bicyclic) bond motifs is 2. The van der Waals surface area contributed by atoms with Crippen molar-refractivity contribution in [1.29, 1.82) is 0 Å². The first kappa shape index (κ1) is 45.8. The summed E-state index contributed by atoms with van der Waals surface area (Å²) in [6.07, 6.45) is 6.25. The number of hydrazine groups is 1. The number of amides is 5. The van der Waals surface area contributed by atoms with Gasteiger partial charge in [-0.2, -0.15) is 5.01 Å². The molecule has 0 aromatic heterocycles. The van der Waals surface area contributed by atoms with Crippen LogP contribution in [0.2, 0.25) is 0 Å². The number of aliphatic imine (C=N–C) groups is 2. The number of amidine groups is 1. The molecule has 3 aromatic rings. The van der Waals surface area contributed by atoms with Gasteiger partial charge in [-0.05, 0) is 73.4 Å². The van der Waals surface area contributed by atoms with Gasteiger partial charge in [-0.3, -0.25) is 34.2 Å². The first-order chi connectivity index (χ1) is 32.3. The van der Waals surface area contributed by atoms with Crippen molar-refractivity contribution in [1.82, 2.24) is 25.6 Å². The van der Waals surface area contributed by atoms with Gasteiger partial charge >= 0.3 is 0 Å². The van der Waals surface area contributed by atoms with Gasteiger partial charge in [0.2, 0.25) is 17.7 Å². The average molecular weight is 904 g/mol. The highest BCUT2D eigenvalue weighted by Crippen LogP contribution is 2.35. The third-order valence-electron chi connectivity index (χ3n) is 11.6. The number of likely N-dealkylation sites (tertiary alicyclic amines) is 1. The highest BCUT2D eigenvalue weighted by molar-refractivity contribution is 6.25. The Labute approximate surface area is 381 Å². The van der Waals surface area contributed by atoms with Crippen molar-refractivity contribution < 1.29 is 47.7 Å². The van der Waals surface area contributed by atoms with E-state index in [1.54, 1.807) is 30.4 Å². The summed E-state index contributed by atoms with van der Waals surface area (Å²) < 4.78 is 28.4. The van der Waals surface area contributed by atoms with Crippen molar-refractivity contribution >= 4 is 53.1 Å². The van der Waals surface area contributed by atoms with E-state index in [-0.39, 0.29) is 48.7 Å². The molecule has 19 heteroatoms. The van der Waals surface area contributed by atoms with Crippen LogP contribution in [0.5, 0.6) is 11.5 Å². The van der Waals surface area contributed by atoms with Gasteiger partial charge in [-0.1, -0.05) is 30.3 Å². The zero-order valence-electron chi connectivity index (χ0n) is 36.4. The zero-order chi connectivity index (χ0) is 45.8. The van der Waals surface area contributed by atoms with Crippen molar-refractivity contribution in [3.8, 4) is 11.5 Å². The molecule has 19 nitrogen and oxygen atoms in total. The quantitative estimate of drug-likeness (QED) is 0.0685. The summed E-state index contributed by atoms with van der Waals surface area (Å²) in [6, 6.07) is 21.3. The van der Waals surface area contributed by atoms with E-state index in [4.69, 9.17) is 29.4 Å². The molecule has 3 aromatic carbocycles. The normalized spacial score (nSPS) is 20.7. The minimum absolute atomic E-state index is 0.0148. The number of nitrogens with two attached hydrogens (primary N) is 1. The number of hydrogen-bond acceptors (Lipinski definition) is 16. The summed E-state index contributed by atoms with van der Waals surface area (Å²) in [5.74, 6) is -0.416. The first-order valence-electron chi connectivity index (χ1n) is 22.1. The van der Waals surface area contributed by atoms with Crippen molar-refractivity contribution in [3.63, 3.8) is 0 Å². The monoisotopic (exact) mass is 903 g/mol. The Bertz CT molecular complexity index is 2390. The molecule has 0 spiro atoms. The molecule has 0 aliphatic carbocycles. The molecule has 346 valence electrons. The Morgan fingerprint density at radius 3 is 2.32 bits per heavy atom. The minimum Gasteiger partial charge on any atom is -0.457 e. The number of anilines is 1. The predicted octanol–water partition coefficient (Wildman–Crippen LogP) is 2.86. The van der Waals surface area contributed by atoms with Crippen LogP contribution in [0, 0.1) is 0 Å². The summed E-state index contributed by atoms with van der Waals surface area (Å²) in [4.78, 5) is 75.2. The van der Waals surface area contributed by atoms with Crippen LogP contribution in [-0.2, 0) is 33.3 Å². The molecule has 5 aliphatic heterocycles. The van der Waals surface area contributed by atoms with Gasteiger partial charge in [0.05, 0.1) is 75.3 Å². The minimum atomic E-state index is -1.02.